The van der Waals surface area contributed by atoms with E-state index in [9.17, 15) is 9.36 Å². The molecule has 0 saturated heterocycles. The second kappa shape index (κ2) is 11.1. The average Bonchev–Trinajstić information content (AvgIpc) is 3.09. The third kappa shape index (κ3) is 8.40. The van der Waals surface area contributed by atoms with Crippen molar-refractivity contribution in [3.63, 3.8) is 0 Å². The number of ketones is 1. The van der Waals surface area contributed by atoms with Gasteiger partial charge in [0.2, 0.25) is 0 Å². The average molecular weight is 423 g/mol. The molecule has 0 unspecified atom stereocenters. The van der Waals surface area contributed by atoms with Crippen molar-refractivity contribution in [2.75, 3.05) is 6.16 Å². The molecule has 0 aliphatic carbocycles. The second-order valence-corrected chi connectivity index (χ2v) is 10.5. The molecule has 154 valence electrons. The standard InChI is InChI=1S/C22H31O4PS/c1-17-11-12-19(16-18(17)2)8-5-6-10-21(23)22-14-13-20(28-22)9-4-3-7-15-27(24,25)26/h11-14,16H,3-10,15H2,1-2H3,(H2,24,25,26). The first-order chi connectivity index (χ1) is 13.2. The van der Waals surface area contributed by atoms with Gasteiger partial charge in [-0.25, -0.2) is 0 Å². The van der Waals surface area contributed by atoms with Gasteiger partial charge in [0.15, 0.2) is 5.78 Å². The summed E-state index contributed by atoms with van der Waals surface area (Å²) in [5, 5.41) is 0. The zero-order chi connectivity index (χ0) is 20.6. The fraction of sp³-hybridized carbons (Fsp3) is 0.500. The molecule has 0 fully saturated rings. The quantitative estimate of drug-likeness (QED) is 0.256. The molecule has 0 saturated carbocycles. The molecule has 1 aromatic carbocycles. The van der Waals surface area contributed by atoms with Crippen molar-refractivity contribution in [1.29, 1.82) is 0 Å². The van der Waals surface area contributed by atoms with Crippen LogP contribution in [0.25, 0.3) is 0 Å². The molecule has 2 aromatic rings. The highest BCUT2D eigenvalue weighted by Gasteiger charge is 2.12. The lowest BCUT2D eigenvalue weighted by atomic mass is 10.0. The van der Waals surface area contributed by atoms with Crippen LogP contribution in [0.5, 0.6) is 0 Å². The molecule has 0 radical (unpaired) electrons. The van der Waals surface area contributed by atoms with Crippen LogP contribution in [0.2, 0.25) is 0 Å². The zero-order valence-electron chi connectivity index (χ0n) is 16.8. The maximum atomic E-state index is 12.4. The molecule has 0 bridgehead atoms. The van der Waals surface area contributed by atoms with Gasteiger partial charge in [0.25, 0.3) is 0 Å². The Hall–Kier alpha value is -1.26. The second-order valence-electron chi connectivity index (χ2n) is 7.51. The van der Waals surface area contributed by atoms with E-state index in [1.165, 1.54) is 21.6 Å². The lowest BCUT2D eigenvalue weighted by molar-refractivity contribution is 0.0983. The molecule has 0 atom stereocenters. The summed E-state index contributed by atoms with van der Waals surface area (Å²) in [6.45, 7) is 4.25. The van der Waals surface area contributed by atoms with Gasteiger partial charge < -0.3 is 9.79 Å². The fourth-order valence-corrected chi connectivity index (χ4v) is 4.81. The highest BCUT2D eigenvalue weighted by Crippen LogP contribution is 2.35. The van der Waals surface area contributed by atoms with E-state index in [2.05, 4.69) is 32.0 Å². The van der Waals surface area contributed by atoms with Crippen LogP contribution in [-0.4, -0.2) is 21.7 Å². The molecule has 4 nitrogen and oxygen atoms in total. The first-order valence-electron chi connectivity index (χ1n) is 9.97. The molecule has 0 spiro atoms. The topological polar surface area (TPSA) is 74.6 Å². The molecule has 6 heteroatoms. The first-order valence-corrected chi connectivity index (χ1v) is 12.6. The Labute approximate surface area is 172 Å². The van der Waals surface area contributed by atoms with Gasteiger partial charge in [-0.15, -0.1) is 11.3 Å². The maximum Gasteiger partial charge on any atom is 0.325 e. The van der Waals surface area contributed by atoms with E-state index in [0.717, 1.165) is 43.4 Å². The molecule has 2 N–H and O–H groups in total. The van der Waals surface area contributed by atoms with Crippen LogP contribution < -0.4 is 0 Å². The number of unbranched alkanes of at least 4 members (excludes halogenated alkanes) is 3. The predicted molar refractivity (Wildman–Crippen MR) is 117 cm³/mol. The summed E-state index contributed by atoms with van der Waals surface area (Å²) in [6.07, 6.45) is 6.59. The van der Waals surface area contributed by atoms with Gasteiger partial charge in [-0.3, -0.25) is 9.36 Å². The number of aryl methyl sites for hydroxylation is 4. The van der Waals surface area contributed by atoms with Gasteiger partial charge >= 0.3 is 7.60 Å². The zero-order valence-corrected chi connectivity index (χ0v) is 18.5. The number of carbonyl (C=O) groups is 1. The molecular weight excluding hydrogens is 391 g/mol. The lowest BCUT2D eigenvalue weighted by Gasteiger charge is -2.05. The van der Waals surface area contributed by atoms with Gasteiger partial charge in [-0.1, -0.05) is 24.6 Å². The minimum atomic E-state index is -3.87. The predicted octanol–water partition coefficient (Wildman–Crippen LogP) is 5.85. The summed E-state index contributed by atoms with van der Waals surface area (Å²) < 4.78 is 10.8. The van der Waals surface area contributed by atoms with Crippen molar-refractivity contribution < 1.29 is 19.1 Å². The van der Waals surface area contributed by atoms with Crippen LogP contribution in [0.1, 0.15) is 69.8 Å². The number of benzene rings is 1. The van der Waals surface area contributed by atoms with E-state index < -0.39 is 7.60 Å². The SMILES string of the molecule is Cc1ccc(CCCCC(=O)c2ccc(CCCCCP(=O)(O)O)s2)cc1C. The Morgan fingerprint density at radius 2 is 1.68 bits per heavy atom. The van der Waals surface area contributed by atoms with Crippen molar-refractivity contribution in [2.45, 2.75) is 65.2 Å². The Balaban J connectivity index is 1.66. The first kappa shape index (κ1) is 23.0. The summed E-state index contributed by atoms with van der Waals surface area (Å²) in [4.78, 5) is 32.1. The van der Waals surface area contributed by atoms with Crippen LogP contribution in [0.15, 0.2) is 30.3 Å². The number of rotatable bonds is 12. The number of thiophene rings is 1. The Kier molecular flexibility index (Phi) is 9.10. The minimum absolute atomic E-state index is 0.0384. The number of carbonyl (C=O) groups excluding carboxylic acids is 1. The molecular formula is C22H31O4PS. The number of Topliss-reactive ketones (excluding diaryl/α,β-unsaturated/α-hetero) is 1. The van der Waals surface area contributed by atoms with E-state index >= 15 is 0 Å². The van der Waals surface area contributed by atoms with E-state index in [1.807, 2.05) is 12.1 Å². The number of hydrogen-bond acceptors (Lipinski definition) is 3. The van der Waals surface area contributed by atoms with Crippen molar-refractivity contribution >= 4 is 24.7 Å². The Morgan fingerprint density at radius 1 is 0.929 bits per heavy atom. The van der Waals surface area contributed by atoms with Gasteiger partial charge in [0.05, 0.1) is 4.88 Å². The molecule has 2 rings (SSSR count). The van der Waals surface area contributed by atoms with E-state index in [1.54, 1.807) is 11.3 Å². The molecule has 28 heavy (non-hydrogen) atoms. The number of hydrogen-bond donors (Lipinski definition) is 2. The molecule has 0 aliphatic heterocycles. The molecule has 0 aliphatic rings. The van der Waals surface area contributed by atoms with Crippen LogP contribution >= 0.6 is 18.9 Å². The molecule has 0 amide bonds. The van der Waals surface area contributed by atoms with E-state index in [0.29, 0.717) is 12.8 Å². The molecule has 1 aromatic heterocycles. The third-order valence-electron chi connectivity index (χ3n) is 5.00. The fourth-order valence-electron chi connectivity index (χ4n) is 3.15. The summed E-state index contributed by atoms with van der Waals surface area (Å²) in [6, 6.07) is 10.5. The highest BCUT2D eigenvalue weighted by molar-refractivity contribution is 7.51. The highest BCUT2D eigenvalue weighted by atomic mass is 32.1. The smallest absolute Gasteiger partial charge is 0.324 e. The van der Waals surface area contributed by atoms with E-state index in [4.69, 9.17) is 9.79 Å². The van der Waals surface area contributed by atoms with Gasteiger partial charge in [0.1, 0.15) is 0 Å². The summed E-state index contributed by atoms with van der Waals surface area (Å²) >= 11 is 1.56. The van der Waals surface area contributed by atoms with Gasteiger partial charge in [-0.05, 0) is 81.2 Å². The van der Waals surface area contributed by atoms with Gasteiger partial charge in [0, 0.05) is 17.5 Å². The van der Waals surface area contributed by atoms with Crippen molar-refractivity contribution in [2.24, 2.45) is 0 Å². The monoisotopic (exact) mass is 422 g/mol. The van der Waals surface area contributed by atoms with Crippen LogP contribution in [0, 0.1) is 13.8 Å². The summed E-state index contributed by atoms with van der Waals surface area (Å²) in [5.41, 5.74) is 3.98. The third-order valence-corrected chi connectivity index (χ3v) is 7.08. The van der Waals surface area contributed by atoms with Crippen LogP contribution in [-0.2, 0) is 17.4 Å². The van der Waals surface area contributed by atoms with Crippen molar-refractivity contribution in [3.05, 3.63) is 56.8 Å². The summed E-state index contributed by atoms with van der Waals surface area (Å²) in [5.74, 6) is 0.220. The largest absolute Gasteiger partial charge is 0.325 e. The van der Waals surface area contributed by atoms with Crippen LogP contribution in [0.3, 0.4) is 0 Å². The van der Waals surface area contributed by atoms with Gasteiger partial charge in [-0.2, -0.15) is 0 Å². The Bertz CT molecular complexity index is 822. The maximum absolute atomic E-state index is 12.4. The molecule has 1 heterocycles. The normalized spacial score (nSPS) is 11.7. The van der Waals surface area contributed by atoms with Crippen molar-refractivity contribution in [1.82, 2.24) is 0 Å². The lowest BCUT2D eigenvalue weighted by Crippen LogP contribution is -1.96. The van der Waals surface area contributed by atoms with Crippen molar-refractivity contribution in [3.8, 4) is 0 Å². The minimum Gasteiger partial charge on any atom is -0.324 e. The van der Waals surface area contributed by atoms with E-state index in [-0.39, 0.29) is 11.9 Å². The summed E-state index contributed by atoms with van der Waals surface area (Å²) in [7, 11) is -3.87. The van der Waals surface area contributed by atoms with Crippen LogP contribution in [0.4, 0.5) is 0 Å². The Morgan fingerprint density at radius 3 is 2.39 bits per heavy atom.